The first kappa shape index (κ1) is 25.3. The summed E-state index contributed by atoms with van der Waals surface area (Å²) in [4.78, 5) is 27.3. The van der Waals surface area contributed by atoms with Crippen LogP contribution in [0.25, 0.3) is 32.0 Å². The Labute approximate surface area is 231 Å². The quantitative estimate of drug-likeness (QED) is 0.338. The lowest BCUT2D eigenvalue weighted by molar-refractivity contribution is -0.117. The average molecular weight is 542 g/mol. The summed E-state index contributed by atoms with van der Waals surface area (Å²) in [6.45, 7) is 8.25. The molecular weight excluding hydrogens is 510 g/mol. The van der Waals surface area contributed by atoms with E-state index in [1.54, 1.807) is 23.5 Å². The first-order chi connectivity index (χ1) is 19.1. The average Bonchev–Trinajstić information content (AvgIpc) is 3.42. The lowest BCUT2D eigenvalue weighted by atomic mass is 10.0. The number of fused-ring (bicyclic) bond motifs is 1. The summed E-state index contributed by atoms with van der Waals surface area (Å²) in [7, 11) is 0. The van der Waals surface area contributed by atoms with Crippen molar-refractivity contribution in [1.82, 2.24) is 15.3 Å². The zero-order valence-corrected chi connectivity index (χ0v) is 22.5. The van der Waals surface area contributed by atoms with Gasteiger partial charge in [-0.1, -0.05) is 30.8 Å². The summed E-state index contributed by atoms with van der Waals surface area (Å²) in [6.07, 6.45) is 3.17. The number of thiophene rings is 1. The fourth-order valence-corrected chi connectivity index (χ4v) is 6.32. The third kappa shape index (κ3) is 5.46. The second-order valence-electron chi connectivity index (χ2n) is 9.87. The molecule has 9 heteroatoms. The van der Waals surface area contributed by atoms with Crippen molar-refractivity contribution in [2.24, 2.45) is 0 Å². The third-order valence-electron chi connectivity index (χ3n) is 7.31. The highest BCUT2D eigenvalue weighted by molar-refractivity contribution is 7.22. The van der Waals surface area contributed by atoms with Crippen LogP contribution in [0.4, 0.5) is 11.5 Å². The lowest BCUT2D eigenvalue weighted by Crippen LogP contribution is -2.44. The zero-order valence-electron chi connectivity index (χ0n) is 21.7. The van der Waals surface area contributed by atoms with Gasteiger partial charge in [-0.05, 0) is 54.8 Å². The van der Waals surface area contributed by atoms with E-state index in [1.807, 2.05) is 12.1 Å². The number of phenols is 1. The fourth-order valence-electron chi connectivity index (χ4n) is 5.20. The van der Waals surface area contributed by atoms with E-state index in [4.69, 9.17) is 14.7 Å². The van der Waals surface area contributed by atoms with Crippen LogP contribution in [0.3, 0.4) is 0 Å². The fraction of sp³-hybridized carbons (Fsp3) is 0.300. The Morgan fingerprint density at radius 2 is 1.77 bits per heavy atom. The summed E-state index contributed by atoms with van der Waals surface area (Å²) >= 11 is 1.71. The SMILES string of the molecule is C=CC(=O)NC1CCN(c2ccc(-c3cc4nc(-c5cccc(O)c5)nc(N5CCOCC5)c4s3)cc2)CC1. The maximum atomic E-state index is 11.6. The number of aromatic nitrogens is 2. The Bertz CT molecular complexity index is 1490. The number of ether oxygens (including phenoxy) is 1. The number of piperidine rings is 1. The summed E-state index contributed by atoms with van der Waals surface area (Å²) in [5.41, 5.74) is 4.02. The molecule has 2 aliphatic heterocycles. The molecule has 0 bridgehead atoms. The molecule has 0 saturated carbocycles. The highest BCUT2D eigenvalue weighted by atomic mass is 32.1. The van der Waals surface area contributed by atoms with Crippen LogP contribution < -0.4 is 15.1 Å². The molecule has 2 fully saturated rings. The van der Waals surface area contributed by atoms with Gasteiger partial charge in [-0.3, -0.25) is 4.79 Å². The van der Waals surface area contributed by atoms with Crippen molar-refractivity contribution < 1.29 is 14.6 Å². The van der Waals surface area contributed by atoms with Crippen LogP contribution in [0, 0.1) is 0 Å². The van der Waals surface area contributed by atoms with Gasteiger partial charge in [0.05, 0.1) is 23.4 Å². The molecular formula is C30H31N5O3S. The van der Waals surface area contributed by atoms with Crippen molar-refractivity contribution in [3.05, 3.63) is 67.3 Å². The van der Waals surface area contributed by atoms with Crippen LogP contribution in [-0.2, 0) is 9.53 Å². The predicted molar refractivity (Wildman–Crippen MR) is 157 cm³/mol. The molecule has 0 radical (unpaired) electrons. The molecule has 1 amide bonds. The number of benzene rings is 2. The molecule has 2 aromatic carbocycles. The number of hydrogen-bond acceptors (Lipinski definition) is 8. The molecule has 2 aliphatic rings. The molecule has 4 aromatic rings. The van der Waals surface area contributed by atoms with Crippen molar-refractivity contribution in [2.45, 2.75) is 18.9 Å². The lowest BCUT2D eigenvalue weighted by Gasteiger charge is -2.33. The summed E-state index contributed by atoms with van der Waals surface area (Å²) < 4.78 is 6.65. The monoisotopic (exact) mass is 541 g/mol. The first-order valence-corrected chi connectivity index (χ1v) is 14.1. The predicted octanol–water partition coefficient (Wildman–Crippen LogP) is 4.84. The van der Waals surface area contributed by atoms with Crippen LogP contribution in [0.15, 0.2) is 67.3 Å². The van der Waals surface area contributed by atoms with Gasteiger partial charge in [0.2, 0.25) is 5.91 Å². The number of phenolic OH excluding ortho intramolecular Hbond substituents is 1. The number of anilines is 2. The van der Waals surface area contributed by atoms with Gasteiger partial charge in [0.25, 0.3) is 0 Å². The van der Waals surface area contributed by atoms with E-state index in [0.29, 0.717) is 19.0 Å². The molecule has 39 heavy (non-hydrogen) atoms. The molecule has 6 rings (SSSR count). The summed E-state index contributed by atoms with van der Waals surface area (Å²) in [5.74, 6) is 1.62. The van der Waals surface area contributed by atoms with E-state index in [1.165, 1.54) is 11.8 Å². The standard InChI is InChI=1S/C30H31N5O3S/c1-2-27(37)31-22-10-12-34(13-11-22)23-8-6-20(7-9-23)26-19-25-28(39-26)30(35-14-16-38-17-15-35)33-29(32-25)21-4-3-5-24(36)18-21/h2-9,18-19,22,36H,1,10-17H2,(H,31,37). The normalized spacial score (nSPS) is 16.4. The number of rotatable bonds is 6. The molecule has 0 unspecified atom stereocenters. The topological polar surface area (TPSA) is 90.8 Å². The van der Waals surface area contributed by atoms with Gasteiger partial charge in [0.15, 0.2) is 11.6 Å². The van der Waals surface area contributed by atoms with Crippen LogP contribution in [0.2, 0.25) is 0 Å². The molecule has 200 valence electrons. The molecule has 8 nitrogen and oxygen atoms in total. The Hall–Kier alpha value is -3.95. The number of morpholine rings is 1. The van der Waals surface area contributed by atoms with Gasteiger partial charge in [-0.25, -0.2) is 9.97 Å². The van der Waals surface area contributed by atoms with E-state index in [-0.39, 0.29) is 17.7 Å². The third-order valence-corrected chi connectivity index (χ3v) is 8.48. The second kappa shape index (κ2) is 11.0. The van der Waals surface area contributed by atoms with Crippen molar-refractivity contribution in [2.75, 3.05) is 49.2 Å². The number of nitrogens with zero attached hydrogens (tertiary/aromatic N) is 4. The maximum absolute atomic E-state index is 11.6. The molecule has 0 atom stereocenters. The smallest absolute Gasteiger partial charge is 0.243 e. The van der Waals surface area contributed by atoms with Gasteiger partial charge in [-0.15, -0.1) is 11.3 Å². The maximum Gasteiger partial charge on any atom is 0.243 e. The van der Waals surface area contributed by atoms with Gasteiger partial charge >= 0.3 is 0 Å². The van der Waals surface area contributed by atoms with Crippen LogP contribution in [-0.4, -0.2) is 66.4 Å². The Morgan fingerprint density at radius 3 is 2.49 bits per heavy atom. The molecule has 2 N–H and O–H groups in total. The van der Waals surface area contributed by atoms with Gasteiger partial charge in [0.1, 0.15) is 5.75 Å². The van der Waals surface area contributed by atoms with Gasteiger partial charge in [-0.2, -0.15) is 0 Å². The molecule has 4 heterocycles. The van der Waals surface area contributed by atoms with E-state index in [2.05, 4.69) is 52.0 Å². The van der Waals surface area contributed by atoms with Crippen molar-refractivity contribution >= 4 is 39.0 Å². The first-order valence-electron chi connectivity index (χ1n) is 13.3. The van der Waals surface area contributed by atoms with Crippen molar-refractivity contribution in [3.8, 4) is 27.6 Å². The number of aromatic hydroxyl groups is 1. The number of amides is 1. The number of carbonyl (C=O) groups is 1. The largest absolute Gasteiger partial charge is 0.508 e. The zero-order chi connectivity index (χ0) is 26.8. The Morgan fingerprint density at radius 1 is 1.00 bits per heavy atom. The minimum absolute atomic E-state index is 0.100. The minimum atomic E-state index is -0.100. The highest BCUT2D eigenvalue weighted by Gasteiger charge is 2.22. The summed E-state index contributed by atoms with van der Waals surface area (Å²) in [6, 6.07) is 18.1. The van der Waals surface area contributed by atoms with Crippen LogP contribution in [0.1, 0.15) is 12.8 Å². The highest BCUT2D eigenvalue weighted by Crippen LogP contribution is 2.39. The molecule has 2 aromatic heterocycles. The van der Waals surface area contributed by atoms with E-state index < -0.39 is 0 Å². The Balaban J connectivity index is 1.27. The van der Waals surface area contributed by atoms with Crippen molar-refractivity contribution in [1.29, 1.82) is 0 Å². The number of hydrogen-bond donors (Lipinski definition) is 2. The number of carbonyl (C=O) groups excluding carboxylic acids is 1. The van der Waals surface area contributed by atoms with E-state index in [0.717, 1.165) is 71.1 Å². The molecule has 0 aliphatic carbocycles. The summed E-state index contributed by atoms with van der Waals surface area (Å²) in [5, 5.41) is 13.0. The van der Waals surface area contributed by atoms with Gasteiger partial charge in [0, 0.05) is 48.3 Å². The second-order valence-corrected chi connectivity index (χ2v) is 10.9. The van der Waals surface area contributed by atoms with Crippen LogP contribution >= 0.6 is 11.3 Å². The van der Waals surface area contributed by atoms with Gasteiger partial charge < -0.3 is 25.0 Å². The molecule has 2 saturated heterocycles. The minimum Gasteiger partial charge on any atom is -0.508 e. The number of nitrogens with one attached hydrogen (secondary N) is 1. The van der Waals surface area contributed by atoms with E-state index >= 15 is 0 Å². The Kier molecular flexibility index (Phi) is 7.17. The molecule has 0 spiro atoms. The van der Waals surface area contributed by atoms with Crippen molar-refractivity contribution in [3.63, 3.8) is 0 Å². The van der Waals surface area contributed by atoms with E-state index in [9.17, 15) is 9.90 Å². The van der Waals surface area contributed by atoms with Crippen LogP contribution in [0.5, 0.6) is 5.75 Å².